The topological polar surface area (TPSA) is 51.0 Å². The van der Waals surface area contributed by atoms with E-state index < -0.39 is 0 Å². The molecule has 1 amide bonds. The van der Waals surface area contributed by atoms with Crippen LogP contribution < -0.4 is 0 Å². The molecule has 0 bridgehead atoms. The number of carbonyl (C=O) groups excluding carboxylic acids is 1. The van der Waals surface area contributed by atoms with Crippen LogP contribution in [0, 0.1) is 0 Å². The minimum atomic E-state index is -0.0493. The smallest absolute Gasteiger partial charge is 0.254 e. The third-order valence-electron chi connectivity index (χ3n) is 5.54. The summed E-state index contributed by atoms with van der Waals surface area (Å²) in [4.78, 5) is 23.4. The van der Waals surface area contributed by atoms with Gasteiger partial charge in [-0.25, -0.2) is 4.98 Å². The zero-order chi connectivity index (χ0) is 21.2. The number of pyridine rings is 1. The van der Waals surface area contributed by atoms with Crippen molar-refractivity contribution in [3.8, 4) is 0 Å². The maximum absolute atomic E-state index is 12.8. The molecular weight excluding hydrogens is 384 g/mol. The average molecular weight is 406 g/mol. The number of hydrogen-bond donors (Lipinski definition) is 0. The molecule has 0 aliphatic carbocycles. The zero-order valence-electron chi connectivity index (χ0n) is 17.3. The second-order valence-electron chi connectivity index (χ2n) is 7.68. The molecule has 5 aromatic rings. The average Bonchev–Trinajstić information content (AvgIpc) is 3.16. The molecule has 0 radical (unpaired) electrons. The Bertz CT molecular complexity index is 1370. The van der Waals surface area contributed by atoms with Gasteiger partial charge in [0.1, 0.15) is 5.82 Å². The van der Waals surface area contributed by atoms with Crippen LogP contribution in [0.3, 0.4) is 0 Å². The molecule has 0 aliphatic rings. The predicted molar refractivity (Wildman–Crippen MR) is 123 cm³/mol. The van der Waals surface area contributed by atoms with Crippen LogP contribution in [-0.4, -0.2) is 32.4 Å². The third-order valence-corrected chi connectivity index (χ3v) is 5.54. The summed E-state index contributed by atoms with van der Waals surface area (Å²) in [7, 11) is 1.81. The van der Waals surface area contributed by atoms with E-state index in [1.165, 1.54) is 16.3 Å². The van der Waals surface area contributed by atoms with Gasteiger partial charge in [0.15, 0.2) is 0 Å². The Morgan fingerprint density at radius 3 is 2.48 bits per heavy atom. The summed E-state index contributed by atoms with van der Waals surface area (Å²) < 4.78 is 2.20. The molecule has 0 N–H and O–H groups in total. The van der Waals surface area contributed by atoms with Crippen LogP contribution in [0.15, 0.2) is 91.3 Å². The van der Waals surface area contributed by atoms with E-state index in [-0.39, 0.29) is 5.91 Å². The highest BCUT2D eigenvalue weighted by molar-refractivity contribution is 5.93. The SMILES string of the molecule is CN(Cc1nc2ccccc2n1Cc1ccc2ccccc2c1)C(=O)c1ccncc1. The van der Waals surface area contributed by atoms with E-state index in [4.69, 9.17) is 4.98 Å². The first-order valence-electron chi connectivity index (χ1n) is 10.3. The van der Waals surface area contributed by atoms with Crippen molar-refractivity contribution in [1.82, 2.24) is 19.4 Å². The summed E-state index contributed by atoms with van der Waals surface area (Å²) in [5.41, 5.74) is 3.82. The van der Waals surface area contributed by atoms with Crippen molar-refractivity contribution in [3.63, 3.8) is 0 Å². The van der Waals surface area contributed by atoms with Crippen LogP contribution in [0.25, 0.3) is 21.8 Å². The van der Waals surface area contributed by atoms with Crippen LogP contribution in [0.1, 0.15) is 21.7 Å². The number of hydrogen-bond acceptors (Lipinski definition) is 3. The lowest BCUT2D eigenvalue weighted by Gasteiger charge is -2.18. The van der Waals surface area contributed by atoms with Crippen LogP contribution in [0.5, 0.6) is 0 Å². The molecule has 3 aromatic carbocycles. The predicted octanol–water partition coefficient (Wildman–Crippen LogP) is 4.91. The first-order valence-corrected chi connectivity index (χ1v) is 10.3. The van der Waals surface area contributed by atoms with Gasteiger partial charge in [-0.3, -0.25) is 9.78 Å². The van der Waals surface area contributed by atoms with Crippen LogP contribution in [0.4, 0.5) is 0 Å². The van der Waals surface area contributed by atoms with Crippen molar-refractivity contribution in [2.45, 2.75) is 13.1 Å². The van der Waals surface area contributed by atoms with E-state index in [1.807, 2.05) is 25.2 Å². The molecule has 31 heavy (non-hydrogen) atoms. The van der Waals surface area contributed by atoms with Crippen molar-refractivity contribution >= 4 is 27.7 Å². The van der Waals surface area contributed by atoms with E-state index in [0.717, 1.165) is 16.9 Å². The van der Waals surface area contributed by atoms with Gasteiger partial charge in [-0.05, 0) is 46.7 Å². The number of fused-ring (bicyclic) bond motifs is 2. The molecule has 152 valence electrons. The minimum Gasteiger partial charge on any atom is -0.334 e. The van der Waals surface area contributed by atoms with Crippen molar-refractivity contribution in [2.75, 3.05) is 7.05 Å². The molecule has 2 heterocycles. The summed E-state index contributed by atoms with van der Waals surface area (Å²) >= 11 is 0. The Balaban J connectivity index is 1.49. The maximum atomic E-state index is 12.8. The van der Waals surface area contributed by atoms with E-state index in [9.17, 15) is 4.79 Å². The van der Waals surface area contributed by atoms with Crippen molar-refractivity contribution in [2.24, 2.45) is 0 Å². The van der Waals surface area contributed by atoms with Crippen LogP contribution >= 0.6 is 0 Å². The van der Waals surface area contributed by atoms with Crippen molar-refractivity contribution in [1.29, 1.82) is 0 Å². The van der Waals surface area contributed by atoms with E-state index in [2.05, 4.69) is 58.1 Å². The molecule has 0 aliphatic heterocycles. The first-order chi connectivity index (χ1) is 15.2. The molecule has 0 spiro atoms. The molecule has 0 unspecified atom stereocenters. The molecular formula is C26H22N4O. The van der Waals surface area contributed by atoms with Gasteiger partial charge in [0.25, 0.3) is 5.91 Å². The minimum absolute atomic E-state index is 0.0493. The number of rotatable bonds is 5. The summed E-state index contributed by atoms with van der Waals surface area (Å²) in [5.74, 6) is 0.811. The van der Waals surface area contributed by atoms with Crippen LogP contribution in [-0.2, 0) is 13.1 Å². The Morgan fingerprint density at radius 1 is 0.903 bits per heavy atom. The highest BCUT2D eigenvalue weighted by atomic mass is 16.2. The Hall–Kier alpha value is -3.99. The highest BCUT2D eigenvalue weighted by Crippen LogP contribution is 2.22. The first kappa shape index (κ1) is 19.0. The Kier molecular flexibility index (Phi) is 4.92. The van der Waals surface area contributed by atoms with Gasteiger partial charge in [-0.1, -0.05) is 48.5 Å². The van der Waals surface area contributed by atoms with Gasteiger partial charge in [0.05, 0.1) is 17.6 Å². The summed E-state index contributed by atoms with van der Waals surface area (Å²) in [5, 5.41) is 2.44. The number of para-hydroxylation sites is 2. The highest BCUT2D eigenvalue weighted by Gasteiger charge is 2.17. The molecule has 0 fully saturated rings. The van der Waals surface area contributed by atoms with Crippen molar-refractivity contribution in [3.05, 3.63) is 108 Å². The van der Waals surface area contributed by atoms with E-state index in [0.29, 0.717) is 18.7 Å². The summed E-state index contributed by atoms with van der Waals surface area (Å²) in [6, 6.07) is 26.5. The van der Waals surface area contributed by atoms with Gasteiger partial charge in [0, 0.05) is 31.5 Å². The lowest BCUT2D eigenvalue weighted by atomic mass is 10.1. The quantitative estimate of drug-likeness (QED) is 0.417. The third kappa shape index (κ3) is 3.78. The number of benzene rings is 3. The zero-order valence-corrected chi connectivity index (χ0v) is 17.3. The summed E-state index contributed by atoms with van der Waals surface area (Å²) in [6.45, 7) is 1.11. The lowest BCUT2D eigenvalue weighted by Crippen LogP contribution is -2.27. The fourth-order valence-corrected chi connectivity index (χ4v) is 3.94. The number of imidazole rings is 1. The van der Waals surface area contributed by atoms with Gasteiger partial charge >= 0.3 is 0 Å². The Labute approximate surface area is 180 Å². The number of carbonyl (C=O) groups is 1. The van der Waals surface area contributed by atoms with E-state index in [1.54, 1.807) is 29.4 Å². The van der Waals surface area contributed by atoms with Crippen molar-refractivity contribution < 1.29 is 4.79 Å². The van der Waals surface area contributed by atoms with E-state index >= 15 is 0 Å². The standard InChI is InChI=1S/C26H22N4O/c1-29(26(31)21-12-14-27-15-13-21)18-25-28-23-8-4-5-9-24(23)30(25)17-19-10-11-20-6-2-3-7-22(20)16-19/h2-16H,17-18H2,1H3. The Morgan fingerprint density at radius 2 is 1.65 bits per heavy atom. The number of amides is 1. The van der Waals surface area contributed by atoms with Gasteiger partial charge in [-0.15, -0.1) is 0 Å². The molecule has 0 saturated heterocycles. The molecule has 0 atom stereocenters. The monoisotopic (exact) mass is 406 g/mol. The number of aromatic nitrogens is 3. The molecule has 5 rings (SSSR count). The maximum Gasteiger partial charge on any atom is 0.254 e. The molecule has 5 heteroatoms. The molecule has 0 saturated carbocycles. The molecule has 5 nitrogen and oxygen atoms in total. The molecule has 2 aromatic heterocycles. The fraction of sp³-hybridized carbons (Fsp3) is 0.115. The number of nitrogens with zero attached hydrogens (tertiary/aromatic N) is 4. The fourth-order valence-electron chi connectivity index (χ4n) is 3.94. The van der Waals surface area contributed by atoms with Gasteiger partial charge < -0.3 is 9.47 Å². The normalized spacial score (nSPS) is 11.1. The van der Waals surface area contributed by atoms with Crippen LogP contribution in [0.2, 0.25) is 0 Å². The largest absolute Gasteiger partial charge is 0.334 e. The summed E-state index contributed by atoms with van der Waals surface area (Å²) in [6.07, 6.45) is 3.27. The lowest BCUT2D eigenvalue weighted by molar-refractivity contribution is 0.0780. The van der Waals surface area contributed by atoms with Gasteiger partial charge in [0.2, 0.25) is 0 Å². The second kappa shape index (κ2) is 8.03. The van der Waals surface area contributed by atoms with Gasteiger partial charge in [-0.2, -0.15) is 0 Å². The second-order valence-corrected chi connectivity index (χ2v) is 7.68.